The standard InChI is InChI=1S/C60H44N5O.Pt/c1-60(2,3)43-35-36-61-56(37-43)65-55-39-47(33-34-51(55)58-59(65)50-27-13-14-30-52(50)64(58)44-23-11-6-12-24-44)66-46-26-17-25-45(38-46)62-40-63(54-32-16-15-31-53(54)62)57-48(41-19-7-4-8-20-41)28-18-29-49(57)42-21-9-5-10-22-42;/h4-37,40H,1-3H3;/q-3;/i4D,5D,7D,8D,9D,10D,19D,20D,21D,22D;. The predicted molar refractivity (Wildman–Crippen MR) is 271 cm³/mol. The minimum Gasteiger partial charge on any atom is -0.509 e. The smallest absolute Gasteiger partial charge is 0.135 e. The van der Waals surface area contributed by atoms with Crippen molar-refractivity contribution in [3.63, 3.8) is 0 Å². The van der Waals surface area contributed by atoms with Crippen LogP contribution in [0.5, 0.6) is 11.5 Å². The Morgan fingerprint density at radius 3 is 1.93 bits per heavy atom. The van der Waals surface area contributed by atoms with Gasteiger partial charge >= 0.3 is 0 Å². The second-order valence-corrected chi connectivity index (χ2v) is 17.0. The molecule has 0 fully saturated rings. The first-order valence-corrected chi connectivity index (χ1v) is 21.6. The quantitative estimate of drug-likeness (QED) is 0.142. The molecule has 0 saturated heterocycles. The topological polar surface area (TPSA) is 38.5 Å². The molecule has 4 heterocycles. The van der Waals surface area contributed by atoms with E-state index in [0.717, 1.165) is 49.9 Å². The Balaban J connectivity index is 0.00000631. The number of pyridine rings is 1. The summed E-state index contributed by atoms with van der Waals surface area (Å²) in [5, 5.41) is 1.99. The first-order valence-electron chi connectivity index (χ1n) is 26.6. The van der Waals surface area contributed by atoms with Crippen LogP contribution in [0.2, 0.25) is 0 Å². The Kier molecular flexibility index (Phi) is 8.12. The second-order valence-electron chi connectivity index (χ2n) is 17.0. The molecule has 0 amide bonds. The van der Waals surface area contributed by atoms with E-state index in [2.05, 4.69) is 90.6 Å². The summed E-state index contributed by atoms with van der Waals surface area (Å²) in [5.41, 5.74) is 7.87. The maximum Gasteiger partial charge on any atom is 0.135 e. The van der Waals surface area contributed by atoms with Crippen LogP contribution in [0.4, 0.5) is 22.7 Å². The molecule has 0 saturated carbocycles. The molecule has 0 N–H and O–H groups in total. The maximum atomic E-state index is 9.06. The molecule has 8 aromatic carbocycles. The number of para-hydroxylation sites is 5. The number of nitrogens with zero attached hydrogens (tertiary/aromatic N) is 5. The van der Waals surface area contributed by atoms with Gasteiger partial charge in [-0.05, 0) is 64.6 Å². The maximum absolute atomic E-state index is 9.06. The normalized spacial score (nSPS) is 14.6. The van der Waals surface area contributed by atoms with Gasteiger partial charge in [0.25, 0.3) is 0 Å². The third-order valence-corrected chi connectivity index (χ3v) is 12.0. The molecule has 0 spiro atoms. The Labute approximate surface area is 419 Å². The zero-order valence-electron chi connectivity index (χ0n) is 46.4. The molecule has 0 atom stereocenters. The molecule has 0 radical (unpaired) electrons. The number of fused-ring (bicyclic) bond motifs is 6. The number of rotatable bonds is 8. The monoisotopic (exact) mass is 1060 g/mol. The number of benzene rings is 8. The third kappa shape index (κ3) is 7.29. The van der Waals surface area contributed by atoms with Crippen molar-refractivity contribution in [1.29, 1.82) is 0 Å². The summed E-state index contributed by atoms with van der Waals surface area (Å²) in [5.74, 6) is 1.53. The molecular formula is C60H44N5OPt-3. The zero-order valence-corrected chi connectivity index (χ0v) is 38.7. The average Bonchev–Trinajstić information content (AvgIpc) is 4.21. The van der Waals surface area contributed by atoms with Crippen LogP contribution in [0.1, 0.15) is 40.0 Å². The summed E-state index contributed by atoms with van der Waals surface area (Å²) in [6.07, 6.45) is 1.85. The molecule has 0 aliphatic carbocycles. The fourth-order valence-electron chi connectivity index (χ4n) is 8.99. The summed E-state index contributed by atoms with van der Waals surface area (Å²) in [4.78, 5) is 8.58. The van der Waals surface area contributed by atoms with Gasteiger partial charge in [-0.15, -0.1) is 42.7 Å². The molecule has 0 unspecified atom stereocenters. The van der Waals surface area contributed by atoms with E-state index in [1.165, 1.54) is 0 Å². The summed E-state index contributed by atoms with van der Waals surface area (Å²) in [7, 11) is 0. The summed E-state index contributed by atoms with van der Waals surface area (Å²) >= 11 is 0. The van der Waals surface area contributed by atoms with Crippen LogP contribution in [0.15, 0.2) is 206 Å². The Morgan fingerprint density at radius 2 is 1.21 bits per heavy atom. The average molecular weight is 1060 g/mol. The van der Waals surface area contributed by atoms with E-state index in [-0.39, 0.29) is 54.4 Å². The molecule has 0 bridgehead atoms. The van der Waals surface area contributed by atoms with Crippen LogP contribution in [0.25, 0.3) is 66.6 Å². The minimum atomic E-state index is -0.567. The van der Waals surface area contributed by atoms with Crippen molar-refractivity contribution in [2.45, 2.75) is 26.2 Å². The Hall–Kier alpha value is -7.66. The SMILES string of the molecule is [2H]c1c([2H])c([2H])c(-c2cccc(-c3c([2H])c([2H])c([2H])c([2H])c3[2H])c2N2[CH-]N(c3[c-]c(Oc4[c-]c5c(cc4)c4c(c6ccccc6n4-c4ccccc4)n5-c4cc(C(C)(C)C)ccn4)ccc3)c3ccccc32)c([2H])c1[2H].[Pt]. The summed E-state index contributed by atoms with van der Waals surface area (Å²) in [6.45, 7) is 8.29. The van der Waals surface area contributed by atoms with Gasteiger partial charge in [-0.2, -0.15) is 12.1 Å². The predicted octanol–water partition coefficient (Wildman–Crippen LogP) is 15.6. The fourth-order valence-corrected chi connectivity index (χ4v) is 8.99. The van der Waals surface area contributed by atoms with Crippen molar-refractivity contribution in [2.75, 3.05) is 9.80 Å². The summed E-state index contributed by atoms with van der Waals surface area (Å²) < 4.78 is 98.6. The van der Waals surface area contributed by atoms with Crippen LogP contribution in [-0.2, 0) is 26.5 Å². The van der Waals surface area contributed by atoms with Crippen molar-refractivity contribution < 1.29 is 39.5 Å². The van der Waals surface area contributed by atoms with Crippen molar-refractivity contribution in [3.05, 3.63) is 231 Å². The van der Waals surface area contributed by atoms with Crippen molar-refractivity contribution in [1.82, 2.24) is 14.1 Å². The van der Waals surface area contributed by atoms with Gasteiger partial charge in [0, 0.05) is 83.5 Å². The molecule has 3 aromatic heterocycles. The van der Waals surface area contributed by atoms with Crippen molar-refractivity contribution >= 4 is 55.6 Å². The van der Waals surface area contributed by atoms with E-state index < -0.39 is 60.4 Å². The number of hydrogen-bond acceptors (Lipinski definition) is 4. The van der Waals surface area contributed by atoms with Crippen LogP contribution < -0.4 is 14.5 Å². The van der Waals surface area contributed by atoms with Gasteiger partial charge in [-0.3, -0.25) is 0 Å². The van der Waals surface area contributed by atoms with Crippen LogP contribution >= 0.6 is 0 Å². The second kappa shape index (κ2) is 17.0. The van der Waals surface area contributed by atoms with Gasteiger partial charge in [0.2, 0.25) is 0 Å². The van der Waals surface area contributed by atoms with Crippen LogP contribution in [0, 0.1) is 18.8 Å². The van der Waals surface area contributed by atoms with Gasteiger partial charge in [0.15, 0.2) is 0 Å². The van der Waals surface area contributed by atoms with E-state index >= 15 is 0 Å². The third-order valence-electron chi connectivity index (χ3n) is 12.0. The molecular weight excluding hydrogens is 1000 g/mol. The Bertz CT molecular complexity index is 4070. The number of ether oxygens (including phenoxy) is 1. The molecule has 67 heavy (non-hydrogen) atoms. The number of aromatic nitrogens is 3. The zero-order chi connectivity index (χ0) is 53.1. The van der Waals surface area contributed by atoms with Gasteiger partial charge in [0.05, 0.1) is 24.7 Å². The molecule has 1 aliphatic heterocycles. The van der Waals surface area contributed by atoms with Crippen LogP contribution in [-0.4, -0.2) is 14.1 Å². The number of hydrogen-bond donors (Lipinski definition) is 0. The Morgan fingerprint density at radius 1 is 0.582 bits per heavy atom. The largest absolute Gasteiger partial charge is 0.509 e. The van der Waals surface area contributed by atoms with Crippen molar-refractivity contribution in [2.24, 2.45) is 0 Å². The minimum absolute atomic E-state index is 0. The van der Waals surface area contributed by atoms with Gasteiger partial charge < -0.3 is 23.7 Å². The van der Waals surface area contributed by atoms with Gasteiger partial charge in [0.1, 0.15) is 5.82 Å². The molecule has 12 rings (SSSR count). The van der Waals surface area contributed by atoms with Crippen molar-refractivity contribution in [3.8, 4) is 45.3 Å². The summed E-state index contributed by atoms with van der Waals surface area (Å²) in [6, 6.07) is 46.4. The molecule has 1 aliphatic rings. The van der Waals surface area contributed by atoms with Crippen LogP contribution in [0.3, 0.4) is 0 Å². The number of anilines is 4. The molecule has 328 valence electrons. The first-order chi connectivity index (χ1) is 36.5. The fraction of sp³-hybridized carbons (Fsp3) is 0.0667. The van der Waals surface area contributed by atoms with E-state index in [1.807, 2.05) is 77.8 Å². The molecule has 11 aromatic rings. The molecule has 6 nitrogen and oxygen atoms in total. The van der Waals surface area contributed by atoms with Gasteiger partial charge in [-0.25, -0.2) is 4.98 Å². The van der Waals surface area contributed by atoms with Gasteiger partial charge in [-0.1, -0.05) is 159 Å². The van der Waals surface area contributed by atoms with E-state index in [4.69, 9.17) is 23.4 Å². The van der Waals surface area contributed by atoms with E-state index in [1.54, 1.807) is 35.8 Å². The molecule has 7 heteroatoms. The first kappa shape index (κ1) is 32.1. The van der Waals surface area contributed by atoms with E-state index in [0.29, 0.717) is 28.6 Å². The van der Waals surface area contributed by atoms with E-state index in [9.17, 15) is 0 Å².